The van der Waals surface area contributed by atoms with Crippen LogP contribution in [0.15, 0.2) is 33.6 Å². The first kappa shape index (κ1) is 15.9. The number of nitrogens with one attached hydrogen (secondary N) is 1. The van der Waals surface area contributed by atoms with Gasteiger partial charge in [0.25, 0.3) is 5.56 Å². The fraction of sp³-hybridized carbons (Fsp3) is 0.294. The van der Waals surface area contributed by atoms with E-state index >= 15 is 0 Å². The highest BCUT2D eigenvalue weighted by atomic mass is 16.5. The van der Waals surface area contributed by atoms with E-state index in [1.807, 2.05) is 31.2 Å². The third-order valence-corrected chi connectivity index (χ3v) is 3.84. The Bertz CT molecular complexity index is 972. The zero-order chi connectivity index (χ0) is 17.3. The van der Waals surface area contributed by atoms with E-state index in [-0.39, 0.29) is 18.0 Å². The summed E-state index contributed by atoms with van der Waals surface area (Å²) >= 11 is 0. The third kappa shape index (κ3) is 2.92. The molecule has 2 heterocycles. The number of fused-ring (bicyclic) bond motifs is 1. The number of anilines is 1. The van der Waals surface area contributed by atoms with Crippen LogP contribution >= 0.6 is 0 Å². The summed E-state index contributed by atoms with van der Waals surface area (Å²) in [4.78, 5) is 24.6. The quantitative estimate of drug-likeness (QED) is 0.794. The second-order valence-corrected chi connectivity index (χ2v) is 5.61. The topological polar surface area (TPSA) is 90.0 Å². The van der Waals surface area contributed by atoms with Gasteiger partial charge in [0.05, 0.1) is 11.1 Å². The summed E-state index contributed by atoms with van der Waals surface area (Å²) in [5.74, 6) is 0.219. The lowest BCUT2D eigenvalue weighted by Gasteiger charge is -2.08. The molecule has 124 valence electrons. The van der Waals surface area contributed by atoms with Crippen molar-refractivity contribution in [2.24, 2.45) is 0 Å². The standard InChI is InChI=1S/C17H18N4O3/c1-4-12-6-5-7-13(8-12)18-14(22)9-21-17(23)16-15(10(2)19-21)11(3)24-20-16/h5-8H,4,9H2,1-3H3,(H,18,22). The number of carbonyl (C=O) groups excluding carboxylic acids is 1. The Morgan fingerprint density at radius 2 is 2.12 bits per heavy atom. The van der Waals surface area contributed by atoms with Crippen molar-refractivity contribution in [2.75, 3.05) is 5.32 Å². The summed E-state index contributed by atoms with van der Waals surface area (Å²) in [5.41, 5.74) is 2.18. The average molecular weight is 326 g/mol. The van der Waals surface area contributed by atoms with E-state index in [0.717, 1.165) is 16.7 Å². The Balaban J connectivity index is 1.85. The fourth-order valence-corrected chi connectivity index (χ4v) is 2.66. The van der Waals surface area contributed by atoms with Crippen molar-refractivity contribution in [3.05, 3.63) is 51.6 Å². The summed E-state index contributed by atoms with van der Waals surface area (Å²) in [6, 6.07) is 7.59. The molecule has 0 aliphatic carbocycles. The van der Waals surface area contributed by atoms with Crippen LogP contribution in [0.4, 0.5) is 5.69 Å². The molecule has 3 rings (SSSR count). The first-order chi connectivity index (χ1) is 11.5. The Hall–Kier alpha value is -2.96. The number of carbonyl (C=O) groups is 1. The third-order valence-electron chi connectivity index (χ3n) is 3.84. The molecule has 0 spiro atoms. The number of hydrogen-bond donors (Lipinski definition) is 1. The lowest BCUT2D eigenvalue weighted by molar-refractivity contribution is -0.117. The number of amides is 1. The van der Waals surface area contributed by atoms with Crippen LogP contribution in [0.5, 0.6) is 0 Å². The predicted octanol–water partition coefficient (Wildman–Crippen LogP) is 2.20. The number of aryl methyl sites for hydroxylation is 3. The van der Waals surface area contributed by atoms with Gasteiger partial charge in [-0.15, -0.1) is 0 Å². The van der Waals surface area contributed by atoms with Crippen LogP contribution in [0.25, 0.3) is 10.9 Å². The SMILES string of the molecule is CCc1cccc(NC(=O)Cn2nc(C)c3c(C)onc3c2=O)c1. The molecule has 7 nitrogen and oxygen atoms in total. The average Bonchev–Trinajstić information content (AvgIpc) is 2.95. The van der Waals surface area contributed by atoms with E-state index in [9.17, 15) is 9.59 Å². The van der Waals surface area contributed by atoms with E-state index in [1.165, 1.54) is 0 Å². The molecule has 1 amide bonds. The number of benzene rings is 1. The first-order valence-electron chi connectivity index (χ1n) is 7.72. The van der Waals surface area contributed by atoms with Gasteiger partial charge in [-0.25, -0.2) is 4.68 Å². The first-order valence-corrected chi connectivity index (χ1v) is 7.72. The van der Waals surface area contributed by atoms with Gasteiger partial charge in [0.15, 0.2) is 5.52 Å². The van der Waals surface area contributed by atoms with Gasteiger partial charge in [-0.05, 0) is 38.0 Å². The van der Waals surface area contributed by atoms with E-state index in [0.29, 0.717) is 22.5 Å². The number of rotatable bonds is 4. The maximum absolute atomic E-state index is 12.4. The lowest BCUT2D eigenvalue weighted by atomic mass is 10.1. The second kappa shape index (κ2) is 6.27. The van der Waals surface area contributed by atoms with Crippen molar-refractivity contribution >= 4 is 22.5 Å². The number of nitrogens with zero attached hydrogens (tertiary/aromatic N) is 3. The van der Waals surface area contributed by atoms with Crippen LogP contribution < -0.4 is 10.9 Å². The Morgan fingerprint density at radius 1 is 1.33 bits per heavy atom. The van der Waals surface area contributed by atoms with Crippen LogP contribution in [-0.4, -0.2) is 20.8 Å². The summed E-state index contributed by atoms with van der Waals surface area (Å²) < 4.78 is 6.16. The van der Waals surface area contributed by atoms with Crippen molar-refractivity contribution < 1.29 is 9.32 Å². The molecule has 3 aromatic rings. The zero-order valence-corrected chi connectivity index (χ0v) is 13.8. The molecule has 0 atom stereocenters. The molecule has 1 N–H and O–H groups in total. The molecule has 2 aromatic heterocycles. The van der Waals surface area contributed by atoms with E-state index in [1.54, 1.807) is 13.8 Å². The molecule has 0 radical (unpaired) electrons. The van der Waals surface area contributed by atoms with Gasteiger partial charge >= 0.3 is 0 Å². The summed E-state index contributed by atoms with van der Waals surface area (Å²) in [6.45, 7) is 5.34. The largest absolute Gasteiger partial charge is 0.360 e. The summed E-state index contributed by atoms with van der Waals surface area (Å²) in [5, 5.41) is 11.4. The van der Waals surface area contributed by atoms with Crippen molar-refractivity contribution in [3.8, 4) is 0 Å². The zero-order valence-electron chi connectivity index (χ0n) is 13.8. The van der Waals surface area contributed by atoms with Gasteiger partial charge in [0.2, 0.25) is 5.91 Å². The van der Waals surface area contributed by atoms with Crippen LogP contribution in [0, 0.1) is 13.8 Å². The van der Waals surface area contributed by atoms with Crippen molar-refractivity contribution in [1.82, 2.24) is 14.9 Å². The Morgan fingerprint density at radius 3 is 2.88 bits per heavy atom. The van der Waals surface area contributed by atoms with E-state index in [2.05, 4.69) is 15.6 Å². The molecule has 0 bridgehead atoms. The summed E-state index contributed by atoms with van der Waals surface area (Å²) in [7, 11) is 0. The second-order valence-electron chi connectivity index (χ2n) is 5.61. The Kier molecular flexibility index (Phi) is 4.16. The highest BCUT2D eigenvalue weighted by Gasteiger charge is 2.16. The van der Waals surface area contributed by atoms with Gasteiger partial charge in [-0.3, -0.25) is 9.59 Å². The smallest absolute Gasteiger partial charge is 0.297 e. The molecule has 0 fully saturated rings. The molecule has 24 heavy (non-hydrogen) atoms. The molecule has 7 heteroatoms. The minimum atomic E-state index is -0.440. The van der Waals surface area contributed by atoms with Gasteiger partial charge in [0, 0.05) is 5.69 Å². The molecular weight excluding hydrogens is 308 g/mol. The molecule has 0 saturated heterocycles. The normalized spacial score (nSPS) is 11.0. The maximum Gasteiger partial charge on any atom is 0.297 e. The fourth-order valence-electron chi connectivity index (χ4n) is 2.66. The van der Waals surface area contributed by atoms with Gasteiger partial charge in [-0.2, -0.15) is 5.10 Å². The van der Waals surface area contributed by atoms with Crippen molar-refractivity contribution in [2.45, 2.75) is 33.7 Å². The molecule has 0 saturated carbocycles. The van der Waals surface area contributed by atoms with Crippen LogP contribution in [0.2, 0.25) is 0 Å². The molecular formula is C17H18N4O3. The van der Waals surface area contributed by atoms with E-state index < -0.39 is 5.56 Å². The molecule has 0 aliphatic heterocycles. The highest BCUT2D eigenvalue weighted by molar-refractivity contribution is 5.90. The van der Waals surface area contributed by atoms with Crippen LogP contribution in [0.3, 0.4) is 0 Å². The highest BCUT2D eigenvalue weighted by Crippen LogP contribution is 2.16. The summed E-state index contributed by atoms with van der Waals surface area (Å²) in [6.07, 6.45) is 0.881. The Labute approximate surface area is 138 Å². The van der Waals surface area contributed by atoms with Crippen LogP contribution in [0.1, 0.15) is 23.9 Å². The monoisotopic (exact) mass is 326 g/mol. The minimum Gasteiger partial charge on any atom is -0.360 e. The minimum absolute atomic E-state index is 0.183. The molecule has 0 unspecified atom stereocenters. The van der Waals surface area contributed by atoms with Gasteiger partial charge in [-0.1, -0.05) is 24.2 Å². The number of hydrogen-bond acceptors (Lipinski definition) is 5. The van der Waals surface area contributed by atoms with Crippen LogP contribution in [-0.2, 0) is 17.8 Å². The maximum atomic E-state index is 12.4. The predicted molar refractivity (Wildman–Crippen MR) is 90.0 cm³/mol. The lowest BCUT2D eigenvalue weighted by Crippen LogP contribution is -2.30. The number of aromatic nitrogens is 3. The van der Waals surface area contributed by atoms with E-state index in [4.69, 9.17) is 4.52 Å². The van der Waals surface area contributed by atoms with Gasteiger partial charge in [0.1, 0.15) is 12.3 Å². The van der Waals surface area contributed by atoms with Gasteiger partial charge < -0.3 is 9.84 Å². The molecule has 1 aromatic carbocycles. The van der Waals surface area contributed by atoms with Crippen molar-refractivity contribution in [3.63, 3.8) is 0 Å². The van der Waals surface area contributed by atoms with Crippen molar-refractivity contribution in [1.29, 1.82) is 0 Å². The molecule has 0 aliphatic rings.